The smallest absolute Gasteiger partial charge is 0.314 e. The van der Waals surface area contributed by atoms with Gasteiger partial charge < -0.3 is 4.74 Å². The minimum atomic E-state index is -1.95. The lowest BCUT2D eigenvalue weighted by Crippen LogP contribution is -2.25. The molecule has 144 valence electrons. The molecule has 0 heterocycles. The largest absolute Gasteiger partial charge is 0.426 e. The molecule has 0 bridgehead atoms. The van der Waals surface area contributed by atoms with Gasteiger partial charge in [-0.2, -0.15) is 8.78 Å². The molecular formula is C22H23F3O2. The van der Waals surface area contributed by atoms with Crippen LogP contribution in [0.25, 0.3) is 16.8 Å². The molecule has 0 amide bonds. The summed E-state index contributed by atoms with van der Waals surface area (Å²) >= 11 is 0. The Bertz CT molecular complexity index is 848. The monoisotopic (exact) mass is 376 g/mol. The van der Waals surface area contributed by atoms with Gasteiger partial charge >= 0.3 is 5.97 Å². The van der Waals surface area contributed by atoms with Gasteiger partial charge in [0, 0.05) is 17.0 Å². The summed E-state index contributed by atoms with van der Waals surface area (Å²) in [6, 6.07) is 7.36. The second-order valence-electron chi connectivity index (χ2n) is 7.21. The second kappa shape index (κ2) is 8.59. The zero-order chi connectivity index (χ0) is 19.4. The van der Waals surface area contributed by atoms with Crippen LogP contribution >= 0.6 is 0 Å². The lowest BCUT2D eigenvalue weighted by Gasteiger charge is -2.26. The van der Waals surface area contributed by atoms with Crippen molar-refractivity contribution in [3.8, 4) is 5.75 Å². The van der Waals surface area contributed by atoms with Gasteiger partial charge in [-0.15, -0.1) is 0 Å². The molecule has 0 spiro atoms. The number of hydrogen-bond donors (Lipinski definition) is 0. The maximum atomic E-state index is 14.3. The Morgan fingerprint density at radius 1 is 1.15 bits per heavy atom. The van der Waals surface area contributed by atoms with E-state index in [9.17, 15) is 18.0 Å². The van der Waals surface area contributed by atoms with Crippen molar-refractivity contribution in [3.05, 3.63) is 47.8 Å². The van der Waals surface area contributed by atoms with Crippen LogP contribution in [0.3, 0.4) is 0 Å². The number of halogens is 3. The number of ether oxygens (including phenoxy) is 1. The van der Waals surface area contributed by atoms with Gasteiger partial charge in [-0.25, -0.2) is 4.39 Å². The number of carbonyl (C=O) groups is 1. The average molecular weight is 376 g/mol. The summed E-state index contributed by atoms with van der Waals surface area (Å²) in [6.45, 7) is 2.18. The van der Waals surface area contributed by atoms with E-state index in [1.165, 1.54) is 31.0 Å². The number of carbonyl (C=O) groups excluding carboxylic acids is 1. The first-order valence-electron chi connectivity index (χ1n) is 9.44. The van der Waals surface area contributed by atoms with Crippen LogP contribution in [0.1, 0.15) is 51.0 Å². The van der Waals surface area contributed by atoms with Crippen molar-refractivity contribution in [3.63, 3.8) is 0 Å². The first kappa shape index (κ1) is 19.5. The molecule has 1 saturated carbocycles. The molecule has 1 fully saturated rings. The van der Waals surface area contributed by atoms with Gasteiger partial charge in [0.05, 0.1) is 5.92 Å². The third-order valence-electron chi connectivity index (χ3n) is 5.32. The summed E-state index contributed by atoms with van der Waals surface area (Å²) in [5, 5.41) is 0.714. The number of fused-ring (bicyclic) bond motifs is 1. The van der Waals surface area contributed by atoms with Gasteiger partial charge in [-0.05, 0) is 55.2 Å². The summed E-state index contributed by atoms with van der Waals surface area (Å²) in [6.07, 6.45) is 4.72. The predicted octanol–water partition coefficient (Wildman–Crippen LogP) is 6.73. The number of rotatable bonds is 5. The van der Waals surface area contributed by atoms with E-state index in [2.05, 4.69) is 6.92 Å². The Balaban J connectivity index is 1.71. The van der Waals surface area contributed by atoms with Crippen molar-refractivity contribution < 1.29 is 22.7 Å². The van der Waals surface area contributed by atoms with E-state index in [1.807, 2.05) is 0 Å². The summed E-state index contributed by atoms with van der Waals surface area (Å²) in [7, 11) is 0. The summed E-state index contributed by atoms with van der Waals surface area (Å²) in [4.78, 5) is 12.4. The number of esters is 1. The molecule has 0 atom stereocenters. The fourth-order valence-corrected chi connectivity index (χ4v) is 3.87. The number of benzene rings is 2. The van der Waals surface area contributed by atoms with Gasteiger partial charge in [0.25, 0.3) is 6.08 Å². The van der Waals surface area contributed by atoms with Crippen LogP contribution in [0.5, 0.6) is 5.75 Å². The minimum Gasteiger partial charge on any atom is -0.426 e. The topological polar surface area (TPSA) is 26.3 Å². The van der Waals surface area contributed by atoms with Crippen molar-refractivity contribution in [1.29, 1.82) is 0 Å². The van der Waals surface area contributed by atoms with Crippen LogP contribution in [0.2, 0.25) is 0 Å². The fourth-order valence-electron chi connectivity index (χ4n) is 3.87. The van der Waals surface area contributed by atoms with Gasteiger partial charge in [0.1, 0.15) is 11.6 Å². The van der Waals surface area contributed by atoms with E-state index in [0.29, 0.717) is 23.1 Å². The number of hydrogen-bond acceptors (Lipinski definition) is 2. The van der Waals surface area contributed by atoms with Crippen LogP contribution in [0.15, 0.2) is 36.4 Å². The third kappa shape index (κ3) is 4.71. The quantitative estimate of drug-likeness (QED) is 0.427. The first-order valence-corrected chi connectivity index (χ1v) is 9.44. The molecule has 27 heavy (non-hydrogen) atoms. The highest BCUT2D eigenvalue weighted by Gasteiger charge is 2.27. The summed E-state index contributed by atoms with van der Waals surface area (Å²) < 4.78 is 44.6. The zero-order valence-electron chi connectivity index (χ0n) is 15.3. The van der Waals surface area contributed by atoms with Crippen LogP contribution in [-0.2, 0) is 4.79 Å². The van der Waals surface area contributed by atoms with E-state index in [1.54, 1.807) is 12.1 Å². The molecule has 2 aromatic carbocycles. The van der Waals surface area contributed by atoms with Gasteiger partial charge in [-0.3, -0.25) is 4.79 Å². The maximum Gasteiger partial charge on any atom is 0.314 e. The molecule has 0 radical (unpaired) electrons. The molecule has 1 aliphatic carbocycles. The molecule has 0 N–H and O–H groups in total. The van der Waals surface area contributed by atoms with E-state index in [0.717, 1.165) is 25.7 Å². The maximum absolute atomic E-state index is 14.3. The van der Waals surface area contributed by atoms with Crippen molar-refractivity contribution in [1.82, 2.24) is 0 Å². The minimum absolute atomic E-state index is 0.0921. The normalized spacial score (nSPS) is 19.7. The lowest BCUT2D eigenvalue weighted by atomic mass is 9.80. The molecular weight excluding hydrogens is 353 g/mol. The van der Waals surface area contributed by atoms with Gasteiger partial charge in [0.2, 0.25) is 0 Å². The van der Waals surface area contributed by atoms with Gasteiger partial charge in [-0.1, -0.05) is 31.9 Å². The molecule has 0 aliphatic heterocycles. The highest BCUT2D eigenvalue weighted by atomic mass is 19.3. The average Bonchev–Trinajstić information content (AvgIpc) is 2.64. The second-order valence-corrected chi connectivity index (χ2v) is 7.21. The first-order chi connectivity index (χ1) is 13.0. The molecule has 2 aromatic rings. The van der Waals surface area contributed by atoms with Crippen LogP contribution in [0.4, 0.5) is 13.2 Å². The lowest BCUT2D eigenvalue weighted by molar-refractivity contribution is -0.140. The Labute approximate surface area is 157 Å². The van der Waals surface area contributed by atoms with E-state index < -0.39 is 11.9 Å². The van der Waals surface area contributed by atoms with Crippen molar-refractivity contribution in [2.24, 2.45) is 11.8 Å². The Kier molecular flexibility index (Phi) is 6.19. The molecule has 0 aromatic heterocycles. The Hall–Kier alpha value is -2.30. The third-order valence-corrected chi connectivity index (χ3v) is 5.32. The molecule has 3 rings (SSSR count). The van der Waals surface area contributed by atoms with Crippen LogP contribution < -0.4 is 4.74 Å². The van der Waals surface area contributed by atoms with Crippen LogP contribution in [0, 0.1) is 17.7 Å². The van der Waals surface area contributed by atoms with Crippen molar-refractivity contribution >= 4 is 22.8 Å². The van der Waals surface area contributed by atoms with E-state index in [4.69, 9.17) is 4.74 Å². The molecule has 5 heteroatoms. The zero-order valence-corrected chi connectivity index (χ0v) is 15.3. The van der Waals surface area contributed by atoms with Gasteiger partial charge in [0.15, 0.2) is 0 Å². The standard InChI is InChI=1S/C22H23F3O2/c1-2-3-14-4-6-15(7-5-14)22(26)27-18-10-11-19-16(12-18)8-9-17(21(19)25)13-20(23)24/h8-15H,2-7H2,1H3. The van der Waals surface area contributed by atoms with Crippen LogP contribution in [-0.4, -0.2) is 5.97 Å². The van der Waals surface area contributed by atoms with E-state index in [-0.39, 0.29) is 22.8 Å². The SMILES string of the molecule is CCCC1CCC(C(=O)Oc2ccc3c(F)c(C=C(F)F)ccc3c2)CC1. The molecule has 2 nitrogen and oxygen atoms in total. The fraction of sp³-hybridized carbons (Fsp3) is 0.409. The molecule has 0 unspecified atom stereocenters. The summed E-state index contributed by atoms with van der Waals surface area (Å²) in [5.41, 5.74) is -0.170. The highest BCUT2D eigenvalue weighted by molar-refractivity contribution is 5.87. The van der Waals surface area contributed by atoms with Crippen molar-refractivity contribution in [2.75, 3.05) is 0 Å². The predicted molar refractivity (Wildman–Crippen MR) is 100 cm³/mol. The Morgan fingerprint density at radius 2 is 1.89 bits per heavy atom. The summed E-state index contributed by atoms with van der Waals surface area (Å²) in [5.74, 6) is 0.00414. The molecule has 0 saturated heterocycles. The van der Waals surface area contributed by atoms with Crippen molar-refractivity contribution in [2.45, 2.75) is 45.4 Å². The highest BCUT2D eigenvalue weighted by Crippen LogP contribution is 2.33. The van der Waals surface area contributed by atoms with E-state index >= 15 is 0 Å². The molecule has 1 aliphatic rings. The Morgan fingerprint density at radius 3 is 2.56 bits per heavy atom.